The molecule has 1 atom stereocenters. The normalized spacial score (nSPS) is 28.7. The highest BCUT2D eigenvalue weighted by Gasteiger charge is 2.41. The highest BCUT2D eigenvalue weighted by molar-refractivity contribution is 5.68. The smallest absolute Gasteiger partial charge is 0.409 e. The molecule has 0 radical (unpaired) electrons. The number of nitrogens with one attached hydrogen (secondary N) is 1. The molecule has 1 spiro atoms. The van der Waals surface area contributed by atoms with E-state index in [9.17, 15) is 4.79 Å². The zero-order valence-corrected chi connectivity index (χ0v) is 11.9. The summed E-state index contributed by atoms with van der Waals surface area (Å²) in [5.74, 6) is 0. The minimum atomic E-state index is -0.132. The Labute approximate surface area is 110 Å². The lowest BCUT2D eigenvalue weighted by Crippen LogP contribution is -2.43. The van der Waals surface area contributed by atoms with Crippen molar-refractivity contribution in [3.05, 3.63) is 0 Å². The van der Waals surface area contributed by atoms with Crippen molar-refractivity contribution in [1.29, 1.82) is 0 Å². The van der Waals surface area contributed by atoms with Crippen LogP contribution in [0.5, 0.6) is 0 Å². The third kappa shape index (κ3) is 3.37. The Morgan fingerprint density at radius 2 is 2.17 bits per heavy atom. The zero-order chi connectivity index (χ0) is 13.2. The maximum absolute atomic E-state index is 12.0. The fourth-order valence-electron chi connectivity index (χ4n) is 2.84. The Morgan fingerprint density at radius 3 is 2.78 bits per heavy atom. The molecule has 2 saturated heterocycles. The van der Waals surface area contributed by atoms with Gasteiger partial charge >= 0.3 is 6.09 Å². The lowest BCUT2D eigenvalue weighted by Gasteiger charge is -2.33. The van der Waals surface area contributed by atoms with Gasteiger partial charge in [0, 0.05) is 25.0 Å². The largest absolute Gasteiger partial charge is 0.449 e. The van der Waals surface area contributed by atoms with Crippen LogP contribution in [0.4, 0.5) is 4.79 Å². The molecule has 2 heterocycles. The van der Waals surface area contributed by atoms with Gasteiger partial charge in [0.15, 0.2) is 0 Å². The van der Waals surface area contributed by atoms with Crippen molar-refractivity contribution in [2.45, 2.75) is 40.0 Å². The van der Waals surface area contributed by atoms with Crippen molar-refractivity contribution >= 4 is 6.09 Å². The third-order valence-corrected chi connectivity index (χ3v) is 3.89. The number of ether oxygens (including phenoxy) is 1. The number of hydrogen-bond acceptors (Lipinski definition) is 3. The van der Waals surface area contributed by atoms with Gasteiger partial charge in [-0.15, -0.1) is 0 Å². The van der Waals surface area contributed by atoms with Gasteiger partial charge in [0.25, 0.3) is 0 Å². The summed E-state index contributed by atoms with van der Waals surface area (Å²) in [6.45, 7) is 10.6. The highest BCUT2D eigenvalue weighted by Crippen LogP contribution is 2.36. The number of amides is 1. The summed E-state index contributed by atoms with van der Waals surface area (Å²) in [5, 5.41) is 3.45. The second-order valence-electron chi connectivity index (χ2n) is 7.07. The number of likely N-dealkylation sites (tertiary alicyclic amines) is 1. The van der Waals surface area contributed by atoms with Crippen molar-refractivity contribution in [2.75, 3.05) is 32.8 Å². The van der Waals surface area contributed by atoms with Gasteiger partial charge in [-0.3, -0.25) is 0 Å². The number of carbonyl (C=O) groups excluding carboxylic acids is 1. The molecule has 0 saturated carbocycles. The Kier molecular flexibility index (Phi) is 3.85. The van der Waals surface area contributed by atoms with Crippen LogP contribution in [0.1, 0.15) is 40.0 Å². The summed E-state index contributed by atoms with van der Waals surface area (Å²) in [7, 11) is 0. The average molecular weight is 254 g/mol. The van der Waals surface area contributed by atoms with Crippen molar-refractivity contribution in [2.24, 2.45) is 10.8 Å². The Hall–Kier alpha value is -0.770. The molecule has 104 valence electrons. The van der Waals surface area contributed by atoms with E-state index < -0.39 is 0 Å². The van der Waals surface area contributed by atoms with Crippen molar-refractivity contribution < 1.29 is 9.53 Å². The molecule has 2 aliphatic rings. The molecule has 2 rings (SSSR count). The predicted molar refractivity (Wildman–Crippen MR) is 71.5 cm³/mol. The van der Waals surface area contributed by atoms with Gasteiger partial charge in [0.2, 0.25) is 0 Å². The fourth-order valence-corrected chi connectivity index (χ4v) is 2.84. The molecular weight excluding hydrogens is 228 g/mol. The van der Waals surface area contributed by atoms with Crippen LogP contribution in [0.2, 0.25) is 0 Å². The Morgan fingerprint density at radius 1 is 1.39 bits per heavy atom. The molecule has 0 aliphatic carbocycles. The van der Waals surface area contributed by atoms with Crippen LogP contribution >= 0.6 is 0 Å². The average Bonchev–Trinajstić information content (AvgIpc) is 2.70. The Balaban J connectivity index is 1.82. The number of piperidine rings is 1. The van der Waals surface area contributed by atoms with E-state index in [2.05, 4.69) is 26.1 Å². The molecule has 2 fully saturated rings. The topological polar surface area (TPSA) is 41.6 Å². The lowest BCUT2D eigenvalue weighted by molar-refractivity contribution is 0.0737. The Bertz CT molecular complexity index is 303. The molecule has 18 heavy (non-hydrogen) atoms. The minimum Gasteiger partial charge on any atom is -0.449 e. The van der Waals surface area contributed by atoms with E-state index >= 15 is 0 Å². The second-order valence-corrected chi connectivity index (χ2v) is 7.07. The van der Waals surface area contributed by atoms with Gasteiger partial charge in [-0.25, -0.2) is 4.79 Å². The molecule has 0 aromatic rings. The number of carbonyl (C=O) groups is 1. The quantitative estimate of drug-likeness (QED) is 0.780. The van der Waals surface area contributed by atoms with Crippen LogP contribution in [0.15, 0.2) is 0 Å². The van der Waals surface area contributed by atoms with Crippen LogP contribution in [0, 0.1) is 10.8 Å². The number of nitrogens with zero attached hydrogens (tertiary/aromatic N) is 1. The van der Waals surface area contributed by atoms with Gasteiger partial charge in [-0.1, -0.05) is 20.8 Å². The summed E-state index contributed by atoms with van der Waals surface area (Å²) in [4.78, 5) is 13.9. The van der Waals surface area contributed by atoms with Crippen LogP contribution < -0.4 is 5.32 Å². The van der Waals surface area contributed by atoms with Crippen LogP contribution in [0.25, 0.3) is 0 Å². The first kappa shape index (κ1) is 13.7. The fraction of sp³-hybridized carbons (Fsp3) is 0.929. The molecule has 4 heteroatoms. The molecule has 0 aromatic carbocycles. The van der Waals surface area contributed by atoms with Gasteiger partial charge in [-0.2, -0.15) is 0 Å². The second kappa shape index (κ2) is 5.08. The third-order valence-electron chi connectivity index (χ3n) is 3.89. The van der Waals surface area contributed by atoms with E-state index in [1.54, 1.807) is 0 Å². The summed E-state index contributed by atoms with van der Waals surface area (Å²) in [6, 6.07) is 0. The summed E-state index contributed by atoms with van der Waals surface area (Å²) in [5.41, 5.74) is 0.360. The summed E-state index contributed by atoms with van der Waals surface area (Å²) < 4.78 is 5.39. The van der Waals surface area contributed by atoms with Gasteiger partial charge in [0.1, 0.15) is 0 Å². The highest BCUT2D eigenvalue weighted by atomic mass is 16.6. The maximum atomic E-state index is 12.0. The molecule has 0 aromatic heterocycles. The number of rotatable bonds is 1. The SMILES string of the molecule is CC(C)(C)COC(=O)N1CC[C@@]2(CCCNC2)C1. The zero-order valence-electron chi connectivity index (χ0n) is 11.9. The molecular formula is C14H26N2O2. The van der Waals surface area contributed by atoms with Crippen LogP contribution in [-0.2, 0) is 4.74 Å². The van der Waals surface area contributed by atoms with Crippen molar-refractivity contribution in [3.8, 4) is 0 Å². The molecule has 0 bridgehead atoms. The summed E-state index contributed by atoms with van der Waals surface area (Å²) in [6.07, 6.45) is 3.45. The van der Waals surface area contributed by atoms with Gasteiger partial charge < -0.3 is 15.0 Å². The van der Waals surface area contributed by atoms with Crippen molar-refractivity contribution in [3.63, 3.8) is 0 Å². The van der Waals surface area contributed by atoms with E-state index in [4.69, 9.17) is 4.74 Å². The van der Waals surface area contributed by atoms with E-state index in [1.807, 2.05) is 4.90 Å². The van der Waals surface area contributed by atoms with Gasteiger partial charge in [-0.05, 0) is 31.2 Å². The standard InChI is InChI=1S/C14H26N2O2/c1-13(2,3)11-18-12(17)16-8-6-14(10-16)5-4-7-15-9-14/h15H,4-11H2,1-3H3/t14-/m1/s1. The molecule has 1 amide bonds. The first-order valence-corrected chi connectivity index (χ1v) is 7.03. The minimum absolute atomic E-state index is 0.0411. The molecule has 2 aliphatic heterocycles. The maximum Gasteiger partial charge on any atom is 0.409 e. The van der Waals surface area contributed by atoms with Crippen LogP contribution in [-0.4, -0.2) is 43.8 Å². The predicted octanol–water partition coefficient (Wildman–Crippen LogP) is 2.24. The van der Waals surface area contributed by atoms with E-state index in [-0.39, 0.29) is 11.5 Å². The lowest BCUT2D eigenvalue weighted by atomic mass is 9.80. The van der Waals surface area contributed by atoms with Gasteiger partial charge in [0.05, 0.1) is 6.61 Å². The summed E-state index contributed by atoms with van der Waals surface area (Å²) >= 11 is 0. The number of hydrogen-bond donors (Lipinski definition) is 1. The van der Waals surface area contributed by atoms with Crippen molar-refractivity contribution in [1.82, 2.24) is 10.2 Å². The first-order chi connectivity index (χ1) is 8.40. The molecule has 4 nitrogen and oxygen atoms in total. The van der Waals surface area contributed by atoms with Crippen LogP contribution in [0.3, 0.4) is 0 Å². The van der Waals surface area contributed by atoms with E-state index in [0.717, 1.165) is 32.6 Å². The first-order valence-electron chi connectivity index (χ1n) is 7.03. The van der Waals surface area contributed by atoms with E-state index in [0.29, 0.717) is 12.0 Å². The molecule has 0 unspecified atom stereocenters. The monoisotopic (exact) mass is 254 g/mol. The molecule has 1 N–H and O–H groups in total. The van der Waals surface area contributed by atoms with E-state index in [1.165, 1.54) is 12.8 Å².